The Morgan fingerprint density at radius 2 is 1.86 bits per heavy atom. The van der Waals surface area contributed by atoms with Gasteiger partial charge in [-0.05, 0) is 61.1 Å². The summed E-state index contributed by atoms with van der Waals surface area (Å²) in [7, 11) is 1.44. The number of carbonyl (C=O) groups excluding carboxylic acids is 1. The van der Waals surface area contributed by atoms with Crippen LogP contribution in [0.25, 0.3) is 0 Å². The number of nitrogens with zero attached hydrogens (tertiary/aromatic N) is 1. The van der Waals surface area contributed by atoms with Crippen LogP contribution in [0, 0.1) is 23.2 Å². The van der Waals surface area contributed by atoms with Gasteiger partial charge >= 0.3 is 0 Å². The molecule has 10 nitrogen and oxygen atoms in total. The summed E-state index contributed by atoms with van der Waals surface area (Å²) in [5.74, 6) is 6.10. The number of hydrogen-bond donors (Lipinski definition) is 6. The van der Waals surface area contributed by atoms with Crippen molar-refractivity contribution in [3.8, 4) is 34.8 Å². The van der Waals surface area contributed by atoms with Crippen LogP contribution >= 0.6 is 0 Å². The van der Waals surface area contributed by atoms with Crippen LogP contribution in [-0.2, 0) is 30.5 Å². The van der Waals surface area contributed by atoms with Crippen LogP contribution in [-0.4, -0.2) is 58.2 Å². The van der Waals surface area contributed by atoms with Crippen molar-refractivity contribution >= 4 is 11.7 Å². The molecule has 2 bridgehead atoms. The number of rotatable bonds is 4. The van der Waals surface area contributed by atoms with E-state index in [4.69, 9.17) is 20.9 Å². The molecule has 2 aromatic carbocycles. The number of nitrogens with two attached hydrogens (primary N) is 2. The van der Waals surface area contributed by atoms with E-state index in [1.54, 1.807) is 6.07 Å². The van der Waals surface area contributed by atoms with Crippen molar-refractivity contribution in [3.63, 3.8) is 0 Å². The van der Waals surface area contributed by atoms with Crippen molar-refractivity contribution in [2.24, 2.45) is 27.8 Å². The number of ether oxygens (including phenoxy) is 2. The van der Waals surface area contributed by atoms with Gasteiger partial charge < -0.3 is 41.4 Å². The normalized spacial score (nSPS) is 23.3. The van der Waals surface area contributed by atoms with Crippen LogP contribution < -0.4 is 20.9 Å². The Morgan fingerprint density at radius 1 is 1.09 bits per heavy atom. The quantitative estimate of drug-likeness (QED) is 0.177. The third-order valence-electron chi connectivity index (χ3n) is 9.30. The molecule has 1 fully saturated rings. The van der Waals surface area contributed by atoms with Crippen molar-refractivity contribution in [1.29, 1.82) is 0 Å². The number of phenolic OH excluding ortho intramolecular Hbond substituents is 2. The summed E-state index contributed by atoms with van der Waals surface area (Å²) in [6.45, 7) is 0.381. The molecule has 1 saturated carbocycles. The average Bonchev–Trinajstić information content (AvgIpc) is 3.45. The molecule has 0 unspecified atom stereocenters. The van der Waals surface area contributed by atoms with E-state index in [0.717, 1.165) is 42.4 Å². The first kappa shape index (κ1) is 30.5. The van der Waals surface area contributed by atoms with E-state index in [2.05, 4.69) is 16.8 Å². The molecule has 3 aliphatic rings. The van der Waals surface area contributed by atoms with Crippen molar-refractivity contribution in [2.75, 3.05) is 13.7 Å². The third kappa shape index (κ3) is 6.38. The number of fused-ring (bicyclic) bond motifs is 5. The van der Waals surface area contributed by atoms with Crippen LogP contribution in [0.1, 0.15) is 72.8 Å². The number of aliphatic imine (C=N–C) groups is 1. The van der Waals surface area contributed by atoms with Crippen LogP contribution in [0.2, 0.25) is 0 Å². The van der Waals surface area contributed by atoms with E-state index in [0.29, 0.717) is 43.4 Å². The monoisotopic (exact) mass is 591 g/mol. The molecule has 2 aromatic rings. The summed E-state index contributed by atoms with van der Waals surface area (Å²) in [4.78, 5) is 17.1. The first-order valence-corrected chi connectivity index (χ1v) is 15.0. The highest BCUT2D eigenvalue weighted by Crippen LogP contribution is 2.52. The maximum absolute atomic E-state index is 12.8. The van der Waals surface area contributed by atoms with Gasteiger partial charge in [0.05, 0.1) is 18.8 Å². The fourth-order valence-corrected chi connectivity index (χ4v) is 6.98. The molecule has 230 valence electrons. The molecule has 0 spiro atoms. The van der Waals surface area contributed by atoms with E-state index in [-0.39, 0.29) is 65.3 Å². The second kappa shape index (κ2) is 12.7. The summed E-state index contributed by atoms with van der Waals surface area (Å²) in [5, 5.41) is 43.8. The Balaban J connectivity index is 1.56. The topological polar surface area (TPSA) is 181 Å². The molecule has 8 N–H and O–H groups in total. The highest BCUT2D eigenvalue weighted by Gasteiger charge is 2.48. The minimum Gasteiger partial charge on any atom is -0.504 e. The number of aryl methyl sites for hydroxylation is 2. The first-order chi connectivity index (χ1) is 20.6. The largest absolute Gasteiger partial charge is 0.504 e. The predicted molar refractivity (Wildman–Crippen MR) is 161 cm³/mol. The summed E-state index contributed by atoms with van der Waals surface area (Å²) in [5.41, 5.74) is 14.4. The lowest BCUT2D eigenvalue weighted by molar-refractivity contribution is -0.121. The number of carbonyl (C=O) groups is 1. The molecule has 3 atom stereocenters. The zero-order valence-electron chi connectivity index (χ0n) is 24.6. The Morgan fingerprint density at radius 3 is 2.58 bits per heavy atom. The van der Waals surface area contributed by atoms with Crippen molar-refractivity contribution in [3.05, 3.63) is 46.0 Å². The van der Waals surface area contributed by atoms with E-state index >= 15 is 0 Å². The zero-order valence-corrected chi connectivity index (χ0v) is 24.6. The Kier molecular flexibility index (Phi) is 9.04. The van der Waals surface area contributed by atoms with Gasteiger partial charge in [-0.2, -0.15) is 0 Å². The number of aliphatic hydroxyl groups excluding tert-OH is 2. The molecular weight excluding hydrogens is 550 g/mol. The molecule has 5 rings (SSSR count). The molecule has 0 saturated heterocycles. The van der Waals surface area contributed by atoms with Crippen LogP contribution in [0.15, 0.2) is 23.2 Å². The molecule has 43 heavy (non-hydrogen) atoms. The predicted octanol–water partition coefficient (Wildman–Crippen LogP) is 2.60. The molecule has 0 radical (unpaired) electrons. The van der Waals surface area contributed by atoms with Gasteiger partial charge in [-0.1, -0.05) is 36.8 Å². The number of ketones is 1. The Hall–Kier alpha value is -3.94. The molecule has 0 amide bonds. The molecule has 0 aromatic heterocycles. The van der Waals surface area contributed by atoms with Gasteiger partial charge in [0, 0.05) is 42.9 Å². The van der Waals surface area contributed by atoms with Gasteiger partial charge in [0.25, 0.3) is 0 Å². The number of Topliss-reactive ketones (excluding diaryl/α,β-unsaturated/α-hetero) is 1. The van der Waals surface area contributed by atoms with Crippen molar-refractivity contribution in [2.45, 2.75) is 83.0 Å². The fourth-order valence-electron chi connectivity index (χ4n) is 6.98. The van der Waals surface area contributed by atoms with Crippen molar-refractivity contribution < 1.29 is 34.7 Å². The van der Waals surface area contributed by atoms with Crippen LogP contribution in [0.3, 0.4) is 0 Å². The maximum Gasteiger partial charge on any atom is 0.201 e. The van der Waals surface area contributed by atoms with Crippen LogP contribution in [0.5, 0.6) is 23.0 Å². The SMILES string of the molecule is COc1c(O)ccc2c1C#CCc1cc(c3c(c1O)O[C@H](O)[C@@H](C1(CN=C(N)N)CCCC1)C3)CC[C@@H](O)CC(=O)CC2. The third-order valence-corrected chi connectivity index (χ3v) is 9.30. The van der Waals surface area contributed by atoms with Gasteiger partial charge in [-0.25, -0.2) is 0 Å². The van der Waals surface area contributed by atoms with E-state index < -0.39 is 12.4 Å². The molecule has 10 heteroatoms. The minimum atomic E-state index is -1.17. The number of hydrogen-bond acceptors (Lipinski definition) is 8. The number of methoxy groups -OCH3 is 1. The molecule has 2 aliphatic carbocycles. The van der Waals surface area contributed by atoms with Gasteiger partial charge in [0.15, 0.2) is 29.0 Å². The second-order valence-corrected chi connectivity index (χ2v) is 12.0. The maximum atomic E-state index is 12.8. The van der Waals surface area contributed by atoms with Gasteiger partial charge in [0.1, 0.15) is 5.78 Å². The number of phenols is 2. The van der Waals surface area contributed by atoms with Gasteiger partial charge in [-0.15, -0.1) is 0 Å². The van der Waals surface area contributed by atoms with Gasteiger partial charge in [-0.3, -0.25) is 9.79 Å². The fraction of sp³-hybridized carbons (Fsp3) is 0.515. The Labute approximate surface area is 251 Å². The second-order valence-electron chi connectivity index (χ2n) is 12.0. The molecule has 1 aliphatic heterocycles. The van der Waals surface area contributed by atoms with E-state index in [9.17, 15) is 25.2 Å². The molecule has 1 heterocycles. The summed E-state index contributed by atoms with van der Waals surface area (Å²) in [6, 6.07) is 5.11. The summed E-state index contributed by atoms with van der Waals surface area (Å²) in [6.07, 6.45) is 3.70. The van der Waals surface area contributed by atoms with Crippen molar-refractivity contribution in [1.82, 2.24) is 0 Å². The summed E-state index contributed by atoms with van der Waals surface area (Å²) >= 11 is 0. The highest BCUT2D eigenvalue weighted by molar-refractivity contribution is 5.79. The number of benzene rings is 2. The average molecular weight is 592 g/mol. The lowest BCUT2D eigenvalue weighted by Gasteiger charge is -2.42. The number of aliphatic hydroxyl groups is 2. The van der Waals surface area contributed by atoms with Crippen LogP contribution in [0.4, 0.5) is 0 Å². The van der Waals surface area contributed by atoms with E-state index in [1.165, 1.54) is 13.2 Å². The number of aromatic hydroxyl groups is 2. The number of guanidine groups is 1. The summed E-state index contributed by atoms with van der Waals surface area (Å²) < 4.78 is 11.5. The smallest absolute Gasteiger partial charge is 0.201 e. The highest BCUT2D eigenvalue weighted by atomic mass is 16.6. The standard InChI is InChI=1S/C33H41N3O7/c1-42-29-24-6-4-5-21-15-20(8-11-23(38)16-22(37)10-7-19(24)9-12-27(29)39)25-17-26(31(41)43-30(25)28(21)40)33(13-2-3-14-33)18-36-32(34)35/h9,12,15,23,26,31,38-41H,2-3,5,7-8,10-11,13-14,16-18H2,1H3,(H4,34,35,36)/t23-,26+,31+/m1/s1. The lowest BCUT2D eigenvalue weighted by Crippen LogP contribution is -2.46. The minimum absolute atomic E-state index is 0.00456. The lowest BCUT2D eigenvalue weighted by atomic mass is 9.69. The first-order valence-electron chi connectivity index (χ1n) is 15.0. The molecular formula is C33H41N3O7. The Bertz CT molecular complexity index is 1470. The zero-order chi connectivity index (χ0) is 30.7. The van der Waals surface area contributed by atoms with Gasteiger partial charge in [0.2, 0.25) is 6.29 Å². The van der Waals surface area contributed by atoms with E-state index in [1.807, 2.05) is 6.07 Å².